The molecule has 0 bridgehead atoms. The van der Waals surface area contributed by atoms with Crippen molar-refractivity contribution in [1.82, 2.24) is 0 Å². The van der Waals surface area contributed by atoms with Gasteiger partial charge in [-0.1, -0.05) is 34.8 Å². The molecule has 32 heavy (non-hydrogen) atoms. The Bertz CT molecular complexity index is 1030. The van der Waals surface area contributed by atoms with E-state index in [0.29, 0.717) is 0 Å². The Hall–Kier alpha value is -1.88. The van der Waals surface area contributed by atoms with Gasteiger partial charge in [-0.25, -0.2) is 0 Å². The highest BCUT2D eigenvalue weighted by atomic mass is 35.5. The second kappa shape index (κ2) is 8.48. The van der Waals surface area contributed by atoms with Crippen molar-refractivity contribution in [1.29, 1.82) is 0 Å². The van der Waals surface area contributed by atoms with Crippen molar-refractivity contribution < 1.29 is 35.9 Å². The number of carbonyl (C=O) groups is 1. The highest BCUT2D eigenvalue weighted by Crippen LogP contribution is 2.48. The van der Waals surface area contributed by atoms with Gasteiger partial charge in [0.1, 0.15) is 6.73 Å². The summed E-state index contributed by atoms with van der Waals surface area (Å²) < 4.78 is 85.9. The number of carbonyl (C=O) groups excluding carboxylic acids is 1. The predicted octanol–water partition coefficient (Wildman–Crippen LogP) is 6.42. The van der Waals surface area contributed by atoms with Crippen molar-refractivity contribution in [2.24, 2.45) is 0 Å². The van der Waals surface area contributed by atoms with Crippen LogP contribution < -0.4 is 9.80 Å². The van der Waals surface area contributed by atoms with Gasteiger partial charge in [-0.2, -0.15) is 26.3 Å². The van der Waals surface area contributed by atoms with E-state index in [4.69, 9.17) is 39.5 Å². The molecule has 2 aromatic carbocycles. The van der Waals surface area contributed by atoms with Crippen LogP contribution in [0.1, 0.15) is 5.56 Å². The van der Waals surface area contributed by atoms with E-state index in [2.05, 4.69) is 0 Å². The zero-order valence-corrected chi connectivity index (χ0v) is 18.3. The smallest absolute Gasteiger partial charge is 0.345 e. The first kappa shape index (κ1) is 24.8. The van der Waals surface area contributed by atoms with E-state index in [1.165, 1.54) is 18.2 Å². The van der Waals surface area contributed by atoms with Crippen LogP contribution in [-0.2, 0) is 15.1 Å². The van der Waals surface area contributed by atoms with Gasteiger partial charge in [0.05, 0.1) is 17.3 Å². The average Bonchev–Trinajstić information content (AvgIpc) is 3.12. The number of amides is 1. The normalized spacial score (nSPS) is 19.4. The van der Waals surface area contributed by atoms with Gasteiger partial charge in [-0.3, -0.25) is 4.79 Å². The maximum atomic E-state index is 14.1. The summed E-state index contributed by atoms with van der Waals surface area (Å²) in [6, 6.07) is 6.98. The summed E-state index contributed by atoms with van der Waals surface area (Å²) in [4.78, 5) is 13.0. The van der Waals surface area contributed by atoms with E-state index in [0.717, 1.165) is 30.1 Å². The maximum absolute atomic E-state index is 14.1. The fourth-order valence-electron chi connectivity index (χ4n) is 3.27. The van der Waals surface area contributed by atoms with E-state index in [9.17, 15) is 31.1 Å². The second-order valence-corrected chi connectivity index (χ2v) is 8.23. The number of rotatable bonds is 3. The van der Waals surface area contributed by atoms with Gasteiger partial charge in [-0.05, 0) is 42.0 Å². The number of benzene rings is 2. The molecule has 4 nitrogen and oxygen atoms in total. The summed E-state index contributed by atoms with van der Waals surface area (Å²) in [7, 11) is 0.856. The molecule has 0 aromatic heterocycles. The summed E-state index contributed by atoms with van der Waals surface area (Å²) in [6.45, 7) is -1.30. The number of alkyl halides is 6. The Kier molecular flexibility index (Phi) is 6.56. The van der Waals surface area contributed by atoms with Crippen molar-refractivity contribution in [2.75, 3.05) is 30.1 Å². The van der Waals surface area contributed by atoms with E-state index >= 15 is 0 Å². The molecule has 1 saturated heterocycles. The number of halogens is 9. The summed E-state index contributed by atoms with van der Waals surface area (Å²) >= 11 is 17.7. The summed E-state index contributed by atoms with van der Waals surface area (Å²) in [5, 5.41) is -0.254. The van der Waals surface area contributed by atoms with Crippen LogP contribution in [0, 0.1) is 0 Å². The molecule has 2 aromatic rings. The Labute approximate surface area is 193 Å². The van der Waals surface area contributed by atoms with Crippen LogP contribution in [0.15, 0.2) is 36.4 Å². The number of anilines is 2. The van der Waals surface area contributed by atoms with E-state index in [1.807, 2.05) is 0 Å². The first-order valence-electron chi connectivity index (χ1n) is 8.72. The van der Waals surface area contributed by atoms with Crippen LogP contribution in [-0.4, -0.2) is 38.6 Å². The Balaban J connectivity index is 2.00. The van der Waals surface area contributed by atoms with Crippen LogP contribution in [0.2, 0.25) is 15.1 Å². The van der Waals surface area contributed by atoms with E-state index < -0.39 is 37.1 Å². The van der Waals surface area contributed by atoms with Gasteiger partial charge in [0.25, 0.3) is 0 Å². The number of ether oxygens (including phenoxy) is 1. The van der Waals surface area contributed by atoms with Crippen LogP contribution in [0.25, 0.3) is 0 Å². The van der Waals surface area contributed by atoms with Crippen LogP contribution in [0.3, 0.4) is 0 Å². The third-order valence-electron chi connectivity index (χ3n) is 4.87. The lowest BCUT2D eigenvalue weighted by molar-refractivity contribution is -0.264. The highest BCUT2D eigenvalue weighted by molar-refractivity contribution is 6.35. The lowest BCUT2D eigenvalue weighted by Gasteiger charge is -2.31. The molecule has 3 rings (SSSR count). The fraction of sp³-hybridized carbons (Fsp3) is 0.316. The quantitative estimate of drug-likeness (QED) is 0.437. The molecule has 13 heteroatoms. The van der Waals surface area contributed by atoms with Gasteiger partial charge >= 0.3 is 18.3 Å². The van der Waals surface area contributed by atoms with Gasteiger partial charge in [-0.15, -0.1) is 0 Å². The SMILES string of the molecule is CN(C(=O)C(F)(F)F)c1cc(N2COC(c3cc(Cl)cc(Cl)c3)(C(F)(F)F)C2)ccc1Cl. The van der Waals surface area contributed by atoms with Gasteiger partial charge < -0.3 is 14.5 Å². The Morgan fingerprint density at radius 2 is 1.62 bits per heavy atom. The van der Waals surface area contributed by atoms with E-state index in [-0.39, 0.29) is 36.9 Å². The highest BCUT2D eigenvalue weighted by Gasteiger charge is 2.61. The van der Waals surface area contributed by atoms with Crippen molar-refractivity contribution in [3.63, 3.8) is 0 Å². The standard InChI is InChI=1S/C19H13Cl3F6N2O2/c1-29(16(31)18(23,24)25)15-7-13(2-3-14(15)22)30-8-17(32-9-30,19(26,27)28)10-4-11(20)6-12(21)5-10/h2-7H,8-9H2,1H3. The molecule has 1 heterocycles. The first-order chi connectivity index (χ1) is 14.7. The van der Waals surface area contributed by atoms with Crippen molar-refractivity contribution in [3.8, 4) is 0 Å². The summed E-state index contributed by atoms with van der Waals surface area (Å²) in [6.07, 6.45) is -10.0. The molecule has 0 N–H and O–H groups in total. The molecule has 0 saturated carbocycles. The van der Waals surface area contributed by atoms with Crippen molar-refractivity contribution >= 4 is 52.1 Å². The van der Waals surface area contributed by atoms with Crippen molar-refractivity contribution in [2.45, 2.75) is 18.0 Å². The third-order valence-corrected chi connectivity index (χ3v) is 5.63. The molecule has 174 valence electrons. The van der Waals surface area contributed by atoms with Gasteiger partial charge in [0.15, 0.2) is 0 Å². The summed E-state index contributed by atoms with van der Waals surface area (Å²) in [5.41, 5.74) is -3.40. The zero-order valence-electron chi connectivity index (χ0n) is 16.0. The van der Waals surface area contributed by atoms with Gasteiger partial charge in [0.2, 0.25) is 5.60 Å². The molecule has 1 unspecified atom stereocenters. The minimum absolute atomic E-state index is 0.0285. The molecular weight excluding hydrogens is 509 g/mol. The molecule has 0 spiro atoms. The Morgan fingerprint density at radius 3 is 2.16 bits per heavy atom. The summed E-state index contributed by atoms with van der Waals surface area (Å²) in [5.74, 6) is -2.19. The number of hydrogen-bond donors (Lipinski definition) is 0. The van der Waals surface area contributed by atoms with E-state index in [1.54, 1.807) is 0 Å². The molecule has 1 atom stereocenters. The predicted molar refractivity (Wildman–Crippen MR) is 108 cm³/mol. The number of hydrogen-bond acceptors (Lipinski definition) is 3. The topological polar surface area (TPSA) is 32.8 Å². The minimum atomic E-state index is -5.16. The monoisotopic (exact) mass is 520 g/mol. The zero-order chi connectivity index (χ0) is 24.1. The molecule has 1 amide bonds. The van der Waals surface area contributed by atoms with Gasteiger partial charge in [0, 0.05) is 22.8 Å². The van der Waals surface area contributed by atoms with Crippen molar-refractivity contribution in [3.05, 3.63) is 57.0 Å². The molecule has 1 aliphatic heterocycles. The molecule has 1 aliphatic rings. The molecule has 0 aliphatic carbocycles. The lowest BCUT2D eigenvalue weighted by atomic mass is 9.92. The van der Waals surface area contributed by atoms with Crippen LogP contribution in [0.4, 0.5) is 37.7 Å². The van der Waals surface area contributed by atoms with Crippen LogP contribution in [0.5, 0.6) is 0 Å². The Morgan fingerprint density at radius 1 is 1.03 bits per heavy atom. The first-order valence-corrected chi connectivity index (χ1v) is 9.86. The largest absolute Gasteiger partial charge is 0.471 e. The number of nitrogens with zero attached hydrogens (tertiary/aromatic N) is 2. The lowest BCUT2D eigenvalue weighted by Crippen LogP contribution is -2.46. The molecule has 0 radical (unpaired) electrons. The maximum Gasteiger partial charge on any atom is 0.471 e. The minimum Gasteiger partial charge on any atom is -0.345 e. The van der Waals surface area contributed by atoms with Crippen LogP contribution >= 0.6 is 34.8 Å². The molecule has 1 fully saturated rings. The fourth-order valence-corrected chi connectivity index (χ4v) is 4.04. The average molecular weight is 522 g/mol. The second-order valence-electron chi connectivity index (χ2n) is 6.95. The molecular formula is C19H13Cl3F6N2O2. The third kappa shape index (κ3) is 4.59.